The molecule has 0 amide bonds. The van der Waals surface area contributed by atoms with Gasteiger partial charge in [-0.25, -0.2) is 4.98 Å². The van der Waals surface area contributed by atoms with Crippen molar-refractivity contribution in [2.75, 3.05) is 32.5 Å². The largest absolute Gasteiger partial charge is 0.371 e. The Morgan fingerprint density at radius 2 is 2.36 bits per heavy atom. The third-order valence-electron chi connectivity index (χ3n) is 1.78. The zero-order valence-electron chi connectivity index (χ0n) is 8.58. The zero-order chi connectivity index (χ0) is 10.4. The second kappa shape index (κ2) is 5.72. The Balaban J connectivity index is 2.28. The maximum atomic E-state index is 4.94. The van der Waals surface area contributed by atoms with E-state index in [1.807, 2.05) is 6.07 Å². The average Bonchev–Trinajstić information content (AvgIpc) is 2.12. The molecule has 1 aromatic rings. The van der Waals surface area contributed by atoms with Gasteiger partial charge in [0.15, 0.2) is 0 Å². The van der Waals surface area contributed by atoms with Crippen molar-refractivity contribution in [3.8, 4) is 0 Å². The van der Waals surface area contributed by atoms with Gasteiger partial charge in [0.1, 0.15) is 10.5 Å². The predicted octanol–water partition coefficient (Wildman–Crippen LogP) is 1.50. The molecule has 0 aliphatic carbocycles. The number of anilines is 1. The summed E-state index contributed by atoms with van der Waals surface area (Å²) in [5.41, 5.74) is 0. The van der Waals surface area contributed by atoms with Crippen molar-refractivity contribution in [2.24, 2.45) is 0 Å². The Bertz CT molecular complexity index is 321. The van der Waals surface area contributed by atoms with Crippen LogP contribution >= 0.6 is 12.2 Å². The first-order valence-corrected chi connectivity index (χ1v) is 5.02. The van der Waals surface area contributed by atoms with E-state index in [9.17, 15) is 0 Å². The number of nitrogens with zero attached hydrogens (tertiary/aromatic N) is 2. The molecule has 0 saturated heterocycles. The summed E-state index contributed by atoms with van der Waals surface area (Å²) in [6.07, 6.45) is 2.71. The first-order chi connectivity index (χ1) is 6.68. The van der Waals surface area contributed by atoms with Gasteiger partial charge in [0.25, 0.3) is 0 Å². The highest BCUT2D eigenvalue weighted by molar-refractivity contribution is 7.71. The van der Waals surface area contributed by atoms with Gasteiger partial charge in [-0.15, -0.1) is 0 Å². The molecule has 0 aromatic carbocycles. The van der Waals surface area contributed by atoms with Crippen LogP contribution in [0.3, 0.4) is 0 Å². The maximum absolute atomic E-state index is 4.94. The SMILES string of the molecule is CN(C)CCCNc1cc(=S)nc[nH]1. The predicted molar refractivity (Wildman–Crippen MR) is 61.1 cm³/mol. The van der Waals surface area contributed by atoms with Gasteiger partial charge in [0.2, 0.25) is 0 Å². The van der Waals surface area contributed by atoms with Crippen LogP contribution in [0.25, 0.3) is 0 Å². The summed E-state index contributed by atoms with van der Waals surface area (Å²) in [6.45, 7) is 2.02. The summed E-state index contributed by atoms with van der Waals surface area (Å²) in [5.74, 6) is 0.934. The van der Waals surface area contributed by atoms with E-state index in [0.29, 0.717) is 4.64 Å². The molecule has 0 fully saturated rings. The summed E-state index contributed by atoms with van der Waals surface area (Å²) < 4.78 is 0.610. The number of aromatic nitrogens is 2. The van der Waals surface area contributed by atoms with Crippen LogP contribution in [0.1, 0.15) is 6.42 Å². The molecular weight excluding hydrogens is 196 g/mol. The Labute approximate surface area is 89.4 Å². The van der Waals surface area contributed by atoms with Gasteiger partial charge in [0.05, 0.1) is 6.33 Å². The summed E-state index contributed by atoms with van der Waals surface area (Å²) in [6, 6.07) is 1.82. The highest BCUT2D eigenvalue weighted by Gasteiger charge is 1.92. The molecule has 1 aromatic heterocycles. The standard InChI is InChI=1S/C9H16N4S/c1-13(2)5-3-4-10-8-6-9(14)12-7-11-8/h6-7H,3-5H2,1-2H3,(H2,10,11,12,14). The minimum absolute atomic E-state index is 0.610. The first kappa shape index (κ1) is 11.1. The van der Waals surface area contributed by atoms with Crippen LogP contribution in [-0.4, -0.2) is 42.1 Å². The number of rotatable bonds is 5. The van der Waals surface area contributed by atoms with Gasteiger partial charge in [-0.2, -0.15) is 0 Å². The van der Waals surface area contributed by atoms with Crippen LogP contribution in [0.15, 0.2) is 12.4 Å². The number of nitrogens with one attached hydrogen (secondary N) is 2. The van der Waals surface area contributed by atoms with Crippen LogP contribution in [0, 0.1) is 4.64 Å². The Morgan fingerprint density at radius 1 is 1.57 bits per heavy atom. The van der Waals surface area contributed by atoms with Gasteiger partial charge in [-0.05, 0) is 27.1 Å². The van der Waals surface area contributed by atoms with E-state index in [1.165, 1.54) is 0 Å². The molecule has 78 valence electrons. The van der Waals surface area contributed by atoms with Crippen LogP contribution in [0.4, 0.5) is 5.82 Å². The normalized spacial score (nSPS) is 10.5. The monoisotopic (exact) mass is 212 g/mol. The first-order valence-electron chi connectivity index (χ1n) is 4.62. The van der Waals surface area contributed by atoms with Crippen LogP contribution in [0.2, 0.25) is 0 Å². The third-order valence-corrected chi connectivity index (χ3v) is 2.00. The summed E-state index contributed by atoms with van der Waals surface area (Å²) >= 11 is 4.94. The summed E-state index contributed by atoms with van der Waals surface area (Å²) in [5, 5.41) is 3.25. The third kappa shape index (κ3) is 4.34. The minimum atomic E-state index is 0.610. The lowest BCUT2D eigenvalue weighted by Crippen LogP contribution is -2.16. The summed E-state index contributed by atoms with van der Waals surface area (Å²) in [7, 11) is 4.14. The van der Waals surface area contributed by atoms with E-state index >= 15 is 0 Å². The van der Waals surface area contributed by atoms with Crippen LogP contribution in [-0.2, 0) is 0 Å². The van der Waals surface area contributed by atoms with E-state index in [-0.39, 0.29) is 0 Å². The van der Waals surface area contributed by atoms with E-state index in [0.717, 1.165) is 25.3 Å². The molecule has 0 bridgehead atoms. The lowest BCUT2D eigenvalue weighted by Gasteiger charge is -2.10. The van der Waals surface area contributed by atoms with E-state index in [2.05, 4.69) is 34.3 Å². The highest BCUT2D eigenvalue weighted by Crippen LogP contribution is 1.99. The fourth-order valence-corrected chi connectivity index (χ4v) is 1.26. The zero-order valence-corrected chi connectivity index (χ0v) is 9.40. The number of hydrogen-bond donors (Lipinski definition) is 2. The molecule has 0 saturated carbocycles. The van der Waals surface area contributed by atoms with Gasteiger partial charge < -0.3 is 15.2 Å². The fraction of sp³-hybridized carbons (Fsp3) is 0.556. The van der Waals surface area contributed by atoms with Crippen molar-refractivity contribution in [2.45, 2.75) is 6.42 Å². The Hall–Kier alpha value is -0.940. The minimum Gasteiger partial charge on any atom is -0.371 e. The van der Waals surface area contributed by atoms with Gasteiger partial charge >= 0.3 is 0 Å². The van der Waals surface area contributed by atoms with Crippen LogP contribution in [0.5, 0.6) is 0 Å². The Morgan fingerprint density at radius 3 is 3.00 bits per heavy atom. The van der Waals surface area contributed by atoms with Crippen molar-refractivity contribution in [1.29, 1.82) is 0 Å². The number of hydrogen-bond acceptors (Lipinski definition) is 4. The highest BCUT2D eigenvalue weighted by atomic mass is 32.1. The molecule has 14 heavy (non-hydrogen) atoms. The number of aromatic amines is 1. The van der Waals surface area contributed by atoms with Gasteiger partial charge in [0, 0.05) is 12.6 Å². The summed E-state index contributed by atoms with van der Waals surface area (Å²) in [4.78, 5) is 9.07. The topological polar surface area (TPSA) is 44.0 Å². The van der Waals surface area contributed by atoms with Gasteiger partial charge in [-0.3, -0.25) is 0 Å². The lowest BCUT2D eigenvalue weighted by atomic mass is 10.4. The second-order valence-electron chi connectivity index (χ2n) is 3.38. The van der Waals surface area contributed by atoms with Crippen molar-refractivity contribution >= 4 is 18.0 Å². The molecule has 0 aliphatic rings. The quantitative estimate of drug-likeness (QED) is 0.573. The molecule has 0 radical (unpaired) electrons. The van der Waals surface area contributed by atoms with Crippen LogP contribution < -0.4 is 5.32 Å². The van der Waals surface area contributed by atoms with Crippen molar-refractivity contribution < 1.29 is 0 Å². The smallest absolute Gasteiger partial charge is 0.131 e. The van der Waals surface area contributed by atoms with E-state index in [1.54, 1.807) is 6.33 Å². The van der Waals surface area contributed by atoms with Crippen molar-refractivity contribution in [3.63, 3.8) is 0 Å². The molecule has 0 spiro atoms. The fourth-order valence-electron chi connectivity index (χ4n) is 1.09. The number of H-pyrrole nitrogens is 1. The van der Waals surface area contributed by atoms with E-state index in [4.69, 9.17) is 12.2 Å². The molecule has 4 nitrogen and oxygen atoms in total. The average molecular weight is 212 g/mol. The lowest BCUT2D eigenvalue weighted by molar-refractivity contribution is 0.405. The maximum Gasteiger partial charge on any atom is 0.131 e. The van der Waals surface area contributed by atoms with Gasteiger partial charge in [-0.1, -0.05) is 12.2 Å². The second-order valence-corrected chi connectivity index (χ2v) is 3.80. The molecule has 1 rings (SSSR count). The Kier molecular flexibility index (Phi) is 4.55. The molecule has 5 heteroatoms. The van der Waals surface area contributed by atoms with E-state index < -0.39 is 0 Å². The van der Waals surface area contributed by atoms with Crippen molar-refractivity contribution in [1.82, 2.24) is 14.9 Å². The molecule has 0 atom stereocenters. The molecule has 2 N–H and O–H groups in total. The molecule has 0 aliphatic heterocycles. The molecule has 0 unspecified atom stereocenters. The van der Waals surface area contributed by atoms with Crippen molar-refractivity contribution in [3.05, 3.63) is 17.0 Å². The molecule has 1 heterocycles. The molecular formula is C9H16N4S.